The fraction of sp³-hybridized carbons (Fsp3) is 0.682. The Hall–Kier alpha value is -1.60. The first-order chi connectivity index (χ1) is 13.4. The first kappa shape index (κ1) is 25.4. The van der Waals surface area contributed by atoms with Gasteiger partial charge in [-0.25, -0.2) is 9.18 Å². The van der Waals surface area contributed by atoms with E-state index in [-0.39, 0.29) is 19.7 Å². The summed E-state index contributed by atoms with van der Waals surface area (Å²) < 4.78 is 26.9. The molecular weight excluding hydrogens is 389 g/mol. The number of amides is 1. The molecule has 7 heteroatoms. The smallest absolute Gasteiger partial charge is 0.407 e. The second-order valence-electron chi connectivity index (χ2n) is 9.01. The summed E-state index contributed by atoms with van der Waals surface area (Å²) in [6.07, 6.45) is -1.15. The number of rotatable bonds is 11. The fourth-order valence-corrected chi connectivity index (χ4v) is 9.91. The molecule has 0 fully saturated rings. The number of carboxylic acid groups (broad SMARTS) is 1. The van der Waals surface area contributed by atoms with Crippen molar-refractivity contribution in [2.75, 3.05) is 20.3 Å². The Kier molecular flexibility index (Phi) is 9.15. The first-order valence-corrected chi connectivity index (χ1v) is 12.4. The minimum absolute atomic E-state index is 0.0971. The molecular formula is C22H38FNO4Si. The molecule has 0 heterocycles. The number of hydrogen-bond acceptors (Lipinski definition) is 3. The van der Waals surface area contributed by atoms with Crippen LogP contribution < -0.4 is 4.74 Å². The number of hydrogen-bond donors (Lipinski definition) is 1. The second-order valence-corrected chi connectivity index (χ2v) is 14.5. The molecule has 1 rings (SSSR count). The molecule has 29 heavy (non-hydrogen) atoms. The van der Waals surface area contributed by atoms with Crippen molar-refractivity contribution in [1.29, 1.82) is 0 Å². The molecule has 1 aromatic carbocycles. The monoisotopic (exact) mass is 427 g/mol. The number of carbonyl (C=O) groups is 1. The molecule has 5 nitrogen and oxygen atoms in total. The van der Waals surface area contributed by atoms with Gasteiger partial charge in [0.15, 0.2) is 8.32 Å². The summed E-state index contributed by atoms with van der Waals surface area (Å²) in [7, 11) is -0.649. The van der Waals surface area contributed by atoms with E-state index in [0.29, 0.717) is 22.4 Å². The highest BCUT2D eigenvalue weighted by Crippen LogP contribution is 2.42. The Morgan fingerprint density at radius 1 is 1.10 bits per heavy atom. The number of halogens is 1. The molecule has 1 atom stereocenters. The fourth-order valence-electron chi connectivity index (χ4n) is 4.36. The summed E-state index contributed by atoms with van der Waals surface area (Å²) in [5, 5.41) is 9.59. The van der Waals surface area contributed by atoms with Crippen LogP contribution in [0.15, 0.2) is 24.3 Å². The first-order valence-electron chi connectivity index (χ1n) is 10.3. The Balaban J connectivity index is 2.91. The molecule has 1 amide bonds. The molecule has 0 aromatic heterocycles. The van der Waals surface area contributed by atoms with E-state index in [1.165, 1.54) is 6.92 Å². The van der Waals surface area contributed by atoms with Gasteiger partial charge in [0.25, 0.3) is 0 Å². The van der Waals surface area contributed by atoms with Gasteiger partial charge in [0.2, 0.25) is 0 Å². The molecule has 0 saturated heterocycles. The van der Waals surface area contributed by atoms with Crippen molar-refractivity contribution in [3.63, 3.8) is 0 Å². The average Bonchev–Trinajstić information content (AvgIpc) is 2.61. The van der Waals surface area contributed by atoms with Gasteiger partial charge in [-0.15, -0.1) is 0 Å². The maximum absolute atomic E-state index is 15.4. The summed E-state index contributed by atoms with van der Waals surface area (Å²) in [5.74, 6) is 0.691. The zero-order valence-corrected chi connectivity index (χ0v) is 20.2. The highest BCUT2D eigenvalue weighted by atomic mass is 28.4. The summed E-state index contributed by atoms with van der Waals surface area (Å²) >= 11 is 0. The Labute approximate surface area is 176 Å². The summed E-state index contributed by atoms with van der Waals surface area (Å²) in [4.78, 5) is 12.8. The van der Waals surface area contributed by atoms with E-state index in [4.69, 9.17) is 9.16 Å². The molecule has 0 spiro atoms. The Bertz CT molecular complexity index is 625. The quantitative estimate of drug-likeness (QED) is 0.434. The maximum Gasteiger partial charge on any atom is 0.407 e. The van der Waals surface area contributed by atoms with E-state index in [1.54, 1.807) is 31.4 Å². The van der Waals surface area contributed by atoms with E-state index >= 15 is 4.39 Å². The van der Waals surface area contributed by atoms with Gasteiger partial charge in [0.05, 0.1) is 20.3 Å². The molecule has 0 bridgehead atoms. The van der Waals surface area contributed by atoms with Crippen LogP contribution in [-0.2, 0) is 11.0 Å². The van der Waals surface area contributed by atoms with Gasteiger partial charge in [-0.1, -0.05) is 53.7 Å². The highest BCUT2D eigenvalue weighted by molar-refractivity contribution is 6.77. The minimum atomic E-state index is -2.22. The second kappa shape index (κ2) is 10.4. The van der Waals surface area contributed by atoms with Crippen molar-refractivity contribution in [3.05, 3.63) is 29.8 Å². The summed E-state index contributed by atoms with van der Waals surface area (Å²) in [6, 6.07) is 7.10. The molecule has 0 radical (unpaired) electrons. The van der Waals surface area contributed by atoms with Crippen LogP contribution in [0.1, 0.15) is 54.0 Å². The number of nitrogens with zero attached hydrogens (tertiary/aromatic N) is 1. The Morgan fingerprint density at radius 3 is 1.97 bits per heavy atom. The lowest BCUT2D eigenvalue weighted by Gasteiger charge is -2.43. The molecule has 166 valence electrons. The van der Waals surface area contributed by atoms with E-state index < -0.39 is 20.1 Å². The summed E-state index contributed by atoms with van der Waals surface area (Å²) in [6.45, 7) is 14.1. The predicted molar refractivity (Wildman–Crippen MR) is 118 cm³/mol. The van der Waals surface area contributed by atoms with Crippen molar-refractivity contribution in [1.82, 2.24) is 4.90 Å². The van der Waals surface area contributed by atoms with E-state index in [1.807, 2.05) is 0 Å². The van der Waals surface area contributed by atoms with Crippen LogP contribution in [0, 0.1) is 0 Å². The third-order valence-electron chi connectivity index (χ3n) is 5.65. The van der Waals surface area contributed by atoms with Gasteiger partial charge in [-0.2, -0.15) is 0 Å². The van der Waals surface area contributed by atoms with Gasteiger partial charge in [0, 0.05) is 6.54 Å². The van der Waals surface area contributed by atoms with Crippen molar-refractivity contribution in [2.45, 2.75) is 77.3 Å². The number of alkyl halides is 1. The zero-order chi connectivity index (χ0) is 22.4. The van der Waals surface area contributed by atoms with Crippen molar-refractivity contribution in [3.8, 4) is 5.75 Å². The van der Waals surface area contributed by atoms with E-state index in [9.17, 15) is 9.90 Å². The highest BCUT2D eigenvalue weighted by Gasteiger charge is 2.46. The SMILES string of the molecule is COc1ccc(CN(CC(C)(F)CO[Si](C(C)C)(C(C)C)C(C)C)C(=O)O)cc1. The molecule has 0 aliphatic rings. The van der Waals surface area contributed by atoms with Crippen LogP contribution in [-0.4, -0.2) is 50.3 Å². The van der Waals surface area contributed by atoms with Gasteiger partial charge >= 0.3 is 6.09 Å². The van der Waals surface area contributed by atoms with Crippen molar-refractivity contribution < 1.29 is 23.5 Å². The standard InChI is InChI=1S/C22H38FNO4Si/c1-16(2)29(17(3)4,18(5)6)28-15-22(7,23)14-24(21(25)26)13-19-9-11-20(27-8)12-10-19/h9-12,16-18H,13-15H2,1-8H3,(H,25,26). The third-order valence-corrected chi connectivity index (χ3v) is 11.7. The van der Waals surface area contributed by atoms with Crippen molar-refractivity contribution >= 4 is 14.4 Å². The van der Waals surface area contributed by atoms with Crippen LogP contribution in [0.2, 0.25) is 16.6 Å². The molecule has 1 N–H and O–H groups in total. The number of benzene rings is 1. The topological polar surface area (TPSA) is 59.0 Å². The lowest BCUT2D eigenvalue weighted by atomic mass is 10.1. The molecule has 1 unspecified atom stereocenters. The van der Waals surface area contributed by atoms with Gasteiger partial charge in [-0.05, 0) is 41.2 Å². The van der Waals surface area contributed by atoms with E-state index in [0.717, 1.165) is 10.5 Å². The largest absolute Gasteiger partial charge is 0.497 e. The lowest BCUT2D eigenvalue weighted by Crippen LogP contribution is -2.52. The van der Waals surface area contributed by atoms with Gasteiger partial charge < -0.3 is 19.2 Å². The molecule has 1 aromatic rings. The molecule has 0 aliphatic heterocycles. The normalized spacial score (nSPS) is 14.3. The minimum Gasteiger partial charge on any atom is -0.497 e. The van der Waals surface area contributed by atoms with Crippen LogP contribution >= 0.6 is 0 Å². The number of ether oxygens (including phenoxy) is 1. The average molecular weight is 428 g/mol. The van der Waals surface area contributed by atoms with Crippen LogP contribution in [0.4, 0.5) is 9.18 Å². The van der Waals surface area contributed by atoms with Crippen LogP contribution in [0.5, 0.6) is 5.75 Å². The maximum atomic E-state index is 15.4. The summed E-state index contributed by atoms with van der Waals surface area (Å²) in [5.41, 5.74) is 0.0246. The van der Waals surface area contributed by atoms with Crippen LogP contribution in [0.3, 0.4) is 0 Å². The van der Waals surface area contributed by atoms with Crippen LogP contribution in [0.25, 0.3) is 0 Å². The third kappa shape index (κ3) is 6.71. The van der Waals surface area contributed by atoms with Gasteiger partial charge in [0.1, 0.15) is 11.4 Å². The van der Waals surface area contributed by atoms with Crippen molar-refractivity contribution in [2.24, 2.45) is 0 Å². The van der Waals surface area contributed by atoms with Gasteiger partial charge in [-0.3, -0.25) is 0 Å². The molecule has 0 aliphatic carbocycles. The van der Waals surface area contributed by atoms with E-state index in [2.05, 4.69) is 41.5 Å². The molecule has 0 saturated carbocycles. The predicted octanol–water partition coefficient (Wildman–Crippen LogP) is 6.10. The zero-order valence-electron chi connectivity index (χ0n) is 19.2. The number of methoxy groups -OCH3 is 1. The lowest BCUT2D eigenvalue weighted by molar-refractivity contribution is 0.0473. The Morgan fingerprint density at radius 2 is 1.59 bits per heavy atom.